The van der Waals surface area contributed by atoms with Gasteiger partial charge in [-0.3, -0.25) is 5.41 Å². The van der Waals surface area contributed by atoms with E-state index in [1.54, 1.807) is 6.20 Å². The van der Waals surface area contributed by atoms with Gasteiger partial charge in [-0.25, -0.2) is 9.97 Å². The number of aryl methyl sites for hydroxylation is 1. The Labute approximate surface area is 118 Å². The summed E-state index contributed by atoms with van der Waals surface area (Å²) in [5.41, 5.74) is 7.07. The first-order valence-electron chi connectivity index (χ1n) is 5.18. The average molecular weight is 323 g/mol. The number of halogens is 1. The van der Waals surface area contributed by atoms with Crippen LogP contribution in [0.4, 0.5) is 0 Å². The van der Waals surface area contributed by atoms with Gasteiger partial charge in [0, 0.05) is 17.5 Å². The summed E-state index contributed by atoms with van der Waals surface area (Å²) in [5, 5.41) is 9.06. The standard InChI is InChI=1S/C12H11BrN4S/c1-7-4-5-8(10(14)15)11(17-7)18-12-9(13)3-2-6-16-12/h2-6H,1H3,(H3,14,15). The number of rotatable bonds is 3. The zero-order valence-corrected chi connectivity index (χ0v) is 12.0. The van der Waals surface area contributed by atoms with Crippen molar-refractivity contribution in [3.63, 3.8) is 0 Å². The maximum Gasteiger partial charge on any atom is 0.125 e. The molecule has 2 rings (SSSR count). The van der Waals surface area contributed by atoms with Crippen molar-refractivity contribution >= 4 is 33.5 Å². The van der Waals surface area contributed by atoms with Gasteiger partial charge in [-0.1, -0.05) is 0 Å². The van der Waals surface area contributed by atoms with Gasteiger partial charge in [0.05, 0.1) is 4.47 Å². The van der Waals surface area contributed by atoms with Crippen LogP contribution in [-0.2, 0) is 0 Å². The third-order valence-electron chi connectivity index (χ3n) is 2.21. The topological polar surface area (TPSA) is 75.7 Å². The zero-order valence-electron chi connectivity index (χ0n) is 9.64. The fourth-order valence-corrected chi connectivity index (χ4v) is 2.79. The first kappa shape index (κ1) is 13.0. The Morgan fingerprint density at radius 3 is 2.78 bits per heavy atom. The van der Waals surface area contributed by atoms with Crippen molar-refractivity contribution in [1.82, 2.24) is 9.97 Å². The molecule has 0 radical (unpaired) electrons. The van der Waals surface area contributed by atoms with Crippen LogP contribution in [0.5, 0.6) is 0 Å². The molecule has 4 nitrogen and oxygen atoms in total. The third-order valence-corrected chi connectivity index (χ3v) is 4.13. The molecule has 0 aliphatic rings. The number of hydrogen-bond acceptors (Lipinski definition) is 4. The SMILES string of the molecule is Cc1ccc(C(=N)N)c(Sc2ncccc2Br)n1. The summed E-state index contributed by atoms with van der Waals surface area (Å²) >= 11 is 4.83. The van der Waals surface area contributed by atoms with Crippen LogP contribution in [0, 0.1) is 12.3 Å². The molecule has 0 saturated carbocycles. The maximum absolute atomic E-state index is 7.56. The minimum absolute atomic E-state index is 0.0112. The largest absolute Gasteiger partial charge is 0.384 e. The van der Waals surface area contributed by atoms with E-state index in [2.05, 4.69) is 25.9 Å². The molecule has 0 atom stereocenters. The third kappa shape index (κ3) is 2.88. The lowest BCUT2D eigenvalue weighted by Gasteiger charge is -2.08. The molecule has 2 heterocycles. The van der Waals surface area contributed by atoms with E-state index in [4.69, 9.17) is 11.1 Å². The van der Waals surface area contributed by atoms with Gasteiger partial charge in [0.15, 0.2) is 0 Å². The number of pyridine rings is 2. The molecule has 0 aromatic carbocycles. The summed E-state index contributed by atoms with van der Waals surface area (Å²) in [6.45, 7) is 1.90. The van der Waals surface area contributed by atoms with Crippen molar-refractivity contribution < 1.29 is 0 Å². The molecule has 3 N–H and O–H groups in total. The molecule has 0 unspecified atom stereocenters. The molecule has 0 spiro atoms. The number of hydrogen-bond donors (Lipinski definition) is 2. The highest BCUT2D eigenvalue weighted by molar-refractivity contribution is 9.10. The Kier molecular flexibility index (Phi) is 3.98. The van der Waals surface area contributed by atoms with Gasteiger partial charge in [-0.2, -0.15) is 0 Å². The Hall–Kier alpha value is -1.40. The van der Waals surface area contributed by atoms with E-state index in [9.17, 15) is 0 Å². The van der Waals surface area contributed by atoms with Gasteiger partial charge in [-0.15, -0.1) is 0 Å². The van der Waals surface area contributed by atoms with Crippen molar-refractivity contribution in [2.45, 2.75) is 17.0 Å². The first-order chi connectivity index (χ1) is 8.58. The normalized spacial score (nSPS) is 10.3. The predicted octanol–water partition coefficient (Wildman–Crippen LogP) is 2.98. The molecule has 2 aromatic rings. The summed E-state index contributed by atoms with van der Waals surface area (Å²) in [5.74, 6) is 0.0112. The molecular weight excluding hydrogens is 312 g/mol. The van der Waals surface area contributed by atoms with Crippen LogP contribution >= 0.6 is 27.7 Å². The van der Waals surface area contributed by atoms with Crippen LogP contribution in [0.15, 0.2) is 45.0 Å². The fourth-order valence-electron chi connectivity index (χ4n) is 1.35. The van der Waals surface area contributed by atoms with Crippen LogP contribution in [0.2, 0.25) is 0 Å². The molecule has 0 bridgehead atoms. The van der Waals surface area contributed by atoms with E-state index in [1.165, 1.54) is 11.8 Å². The van der Waals surface area contributed by atoms with E-state index in [0.717, 1.165) is 15.2 Å². The lowest BCUT2D eigenvalue weighted by atomic mass is 10.2. The summed E-state index contributed by atoms with van der Waals surface area (Å²) in [6, 6.07) is 7.42. The minimum atomic E-state index is 0.0112. The second kappa shape index (κ2) is 5.49. The molecule has 0 fully saturated rings. The van der Waals surface area contributed by atoms with E-state index in [-0.39, 0.29) is 5.84 Å². The second-order valence-electron chi connectivity index (χ2n) is 3.61. The van der Waals surface area contributed by atoms with Crippen molar-refractivity contribution in [1.29, 1.82) is 5.41 Å². The quantitative estimate of drug-likeness (QED) is 0.672. The smallest absolute Gasteiger partial charge is 0.125 e. The van der Waals surface area contributed by atoms with Crippen LogP contribution in [0.1, 0.15) is 11.3 Å². The molecule has 0 aliphatic heterocycles. The maximum atomic E-state index is 7.56. The van der Waals surface area contributed by atoms with Crippen LogP contribution in [0.3, 0.4) is 0 Å². The van der Waals surface area contributed by atoms with E-state index < -0.39 is 0 Å². The lowest BCUT2D eigenvalue weighted by molar-refractivity contribution is 1.03. The van der Waals surface area contributed by atoms with Crippen molar-refractivity contribution in [2.75, 3.05) is 0 Å². The summed E-state index contributed by atoms with van der Waals surface area (Å²) in [7, 11) is 0. The molecule has 0 aliphatic carbocycles. The van der Waals surface area contributed by atoms with Crippen molar-refractivity contribution in [2.24, 2.45) is 5.73 Å². The van der Waals surface area contributed by atoms with Gasteiger partial charge in [-0.05, 0) is 58.9 Å². The average Bonchev–Trinajstić information content (AvgIpc) is 2.32. The van der Waals surface area contributed by atoms with Gasteiger partial charge >= 0.3 is 0 Å². The fraction of sp³-hybridized carbons (Fsp3) is 0.0833. The molecule has 18 heavy (non-hydrogen) atoms. The van der Waals surface area contributed by atoms with Gasteiger partial charge in [0.25, 0.3) is 0 Å². The number of amidine groups is 1. The summed E-state index contributed by atoms with van der Waals surface area (Å²) < 4.78 is 0.896. The molecule has 2 aromatic heterocycles. The number of nitrogens with one attached hydrogen (secondary N) is 1. The monoisotopic (exact) mass is 322 g/mol. The van der Waals surface area contributed by atoms with Crippen LogP contribution < -0.4 is 5.73 Å². The number of nitrogens with two attached hydrogens (primary N) is 1. The first-order valence-corrected chi connectivity index (χ1v) is 6.79. The Morgan fingerprint density at radius 2 is 2.11 bits per heavy atom. The Balaban J connectivity index is 2.42. The highest BCUT2D eigenvalue weighted by Crippen LogP contribution is 2.32. The molecule has 0 saturated heterocycles. The van der Waals surface area contributed by atoms with Crippen LogP contribution in [0.25, 0.3) is 0 Å². The lowest BCUT2D eigenvalue weighted by Crippen LogP contribution is -2.13. The van der Waals surface area contributed by atoms with Crippen LogP contribution in [-0.4, -0.2) is 15.8 Å². The molecular formula is C12H11BrN4S. The van der Waals surface area contributed by atoms with E-state index >= 15 is 0 Å². The molecule has 6 heteroatoms. The predicted molar refractivity (Wildman–Crippen MR) is 76.1 cm³/mol. The summed E-state index contributed by atoms with van der Waals surface area (Å²) in [6.07, 6.45) is 1.72. The molecule has 92 valence electrons. The Bertz CT molecular complexity index is 600. The number of nitrogens with zero attached hydrogens (tertiary/aromatic N) is 2. The molecule has 0 amide bonds. The van der Waals surface area contributed by atoms with E-state index in [0.29, 0.717) is 10.6 Å². The number of aromatic nitrogens is 2. The van der Waals surface area contributed by atoms with Crippen molar-refractivity contribution in [3.05, 3.63) is 46.2 Å². The van der Waals surface area contributed by atoms with Gasteiger partial charge < -0.3 is 5.73 Å². The van der Waals surface area contributed by atoms with Gasteiger partial charge in [0.2, 0.25) is 0 Å². The minimum Gasteiger partial charge on any atom is -0.384 e. The highest BCUT2D eigenvalue weighted by atomic mass is 79.9. The zero-order chi connectivity index (χ0) is 13.1. The summed E-state index contributed by atoms with van der Waals surface area (Å²) in [4.78, 5) is 8.68. The number of nitrogen functional groups attached to an aromatic ring is 1. The highest BCUT2D eigenvalue weighted by Gasteiger charge is 2.11. The van der Waals surface area contributed by atoms with Crippen molar-refractivity contribution in [3.8, 4) is 0 Å². The van der Waals surface area contributed by atoms with E-state index in [1.807, 2.05) is 31.2 Å². The Morgan fingerprint density at radius 1 is 1.33 bits per heavy atom. The second-order valence-corrected chi connectivity index (χ2v) is 5.44. The van der Waals surface area contributed by atoms with Gasteiger partial charge in [0.1, 0.15) is 15.9 Å².